The molecule has 0 spiro atoms. The number of hydrogen-bond acceptors (Lipinski definition) is 7. The van der Waals surface area contributed by atoms with E-state index in [1.54, 1.807) is 13.3 Å². The van der Waals surface area contributed by atoms with Crippen molar-refractivity contribution in [3.63, 3.8) is 0 Å². The van der Waals surface area contributed by atoms with Crippen molar-refractivity contribution in [3.05, 3.63) is 41.9 Å². The quantitative estimate of drug-likeness (QED) is 0.611. The van der Waals surface area contributed by atoms with Gasteiger partial charge in [-0.1, -0.05) is 0 Å². The van der Waals surface area contributed by atoms with Gasteiger partial charge in [0.2, 0.25) is 5.95 Å². The van der Waals surface area contributed by atoms with Crippen LogP contribution in [0.25, 0.3) is 11.4 Å². The standard InChI is InChI=1S/C21H26N6O2/c1-13-10-19(27-8-6-16(28)7-9-27)26-21(24-13)25-15-4-5-17(18(11-15)29-3)20-22-12-14(2)23-20/h4-5,10-12,16,28H,6-9H2,1-3H3,(H,22,23)(H,24,25,26). The molecule has 1 fully saturated rings. The number of hydrogen-bond donors (Lipinski definition) is 3. The van der Waals surface area contributed by atoms with Crippen LogP contribution in [-0.4, -0.2) is 51.3 Å². The van der Waals surface area contributed by atoms with Crippen molar-refractivity contribution in [2.45, 2.75) is 32.8 Å². The van der Waals surface area contributed by atoms with Gasteiger partial charge in [-0.25, -0.2) is 9.97 Å². The Labute approximate surface area is 170 Å². The fourth-order valence-corrected chi connectivity index (χ4v) is 3.51. The normalized spacial score (nSPS) is 14.8. The molecular weight excluding hydrogens is 368 g/mol. The predicted octanol–water partition coefficient (Wildman–Crippen LogP) is 3.20. The molecule has 152 valence electrons. The van der Waals surface area contributed by atoms with E-state index in [9.17, 15) is 5.11 Å². The van der Waals surface area contributed by atoms with Crippen LogP contribution >= 0.6 is 0 Å². The summed E-state index contributed by atoms with van der Waals surface area (Å²) in [7, 11) is 1.64. The molecule has 0 amide bonds. The van der Waals surface area contributed by atoms with Crippen molar-refractivity contribution in [2.24, 2.45) is 0 Å². The van der Waals surface area contributed by atoms with Crippen LogP contribution in [0.4, 0.5) is 17.5 Å². The number of imidazole rings is 1. The molecule has 3 N–H and O–H groups in total. The van der Waals surface area contributed by atoms with Crippen molar-refractivity contribution < 1.29 is 9.84 Å². The number of aliphatic hydroxyl groups excluding tert-OH is 1. The molecule has 1 aliphatic rings. The highest BCUT2D eigenvalue weighted by molar-refractivity contribution is 5.70. The van der Waals surface area contributed by atoms with Gasteiger partial charge < -0.3 is 25.0 Å². The van der Waals surface area contributed by atoms with Gasteiger partial charge in [-0.05, 0) is 38.8 Å². The van der Waals surface area contributed by atoms with Gasteiger partial charge >= 0.3 is 0 Å². The number of aromatic nitrogens is 4. The second-order valence-corrected chi connectivity index (χ2v) is 7.36. The highest BCUT2D eigenvalue weighted by atomic mass is 16.5. The van der Waals surface area contributed by atoms with Gasteiger partial charge in [-0.3, -0.25) is 0 Å². The van der Waals surface area contributed by atoms with E-state index in [0.29, 0.717) is 11.7 Å². The van der Waals surface area contributed by atoms with Crippen molar-refractivity contribution in [3.8, 4) is 17.1 Å². The molecule has 3 aromatic rings. The van der Waals surface area contributed by atoms with Crippen molar-refractivity contribution in [1.82, 2.24) is 19.9 Å². The number of nitrogens with one attached hydrogen (secondary N) is 2. The van der Waals surface area contributed by atoms with Crippen LogP contribution in [0.1, 0.15) is 24.2 Å². The molecule has 0 radical (unpaired) electrons. The molecule has 0 atom stereocenters. The lowest BCUT2D eigenvalue weighted by atomic mass is 10.1. The van der Waals surface area contributed by atoms with Crippen molar-refractivity contribution >= 4 is 17.5 Å². The highest BCUT2D eigenvalue weighted by Crippen LogP contribution is 2.31. The van der Waals surface area contributed by atoms with Crippen LogP contribution < -0.4 is 15.0 Å². The minimum atomic E-state index is -0.212. The first-order chi connectivity index (χ1) is 14.0. The number of aliphatic hydroxyl groups is 1. The Hall–Kier alpha value is -3.13. The summed E-state index contributed by atoms with van der Waals surface area (Å²) in [6, 6.07) is 7.81. The predicted molar refractivity (Wildman–Crippen MR) is 113 cm³/mol. The smallest absolute Gasteiger partial charge is 0.229 e. The molecule has 2 aromatic heterocycles. The zero-order valence-corrected chi connectivity index (χ0v) is 16.9. The van der Waals surface area contributed by atoms with Gasteiger partial charge in [0.15, 0.2) is 0 Å². The molecule has 1 aliphatic heterocycles. The summed E-state index contributed by atoms with van der Waals surface area (Å²) in [5.41, 5.74) is 3.61. The Kier molecular flexibility index (Phi) is 5.35. The third-order valence-corrected chi connectivity index (χ3v) is 5.04. The van der Waals surface area contributed by atoms with Gasteiger partial charge in [0.05, 0.1) is 18.8 Å². The van der Waals surface area contributed by atoms with Crippen LogP contribution in [0.2, 0.25) is 0 Å². The fourth-order valence-electron chi connectivity index (χ4n) is 3.51. The molecule has 8 nitrogen and oxygen atoms in total. The van der Waals surface area contributed by atoms with Crippen LogP contribution in [0.3, 0.4) is 0 Å². The minimum absolute atomic E-state index is 0.212. The Morgan fingerprint density at radius 3 is 2.66 bits per heavy atom. The second-order valence-electron chi connectivity index (χ2n) is 7.36. The first-order valence-corrected chi connectivity index (χ1v) is 9.77. The lowest BCUT2D eigenvalue weighted by molar-refractivity contribution is 0.145. The number of anilines is 3. The average Bonchev–Trinajstić information content (AvgIpc) is 3.14. The molecule has 0 saturated carbocycles. The number of aromatic amines is 1. The maximum absolute atomic E-state index is 9.74. The van der Waals surface area contributed by atoms with Gasteiger partial charge in [-0.15, -0.1) is 0 Å². The molecule has 1 aromatic carbocycles. The van der Waals surface area contributed by atoms with Gasteiger partial charge in [0.25, 0.3) is 0 Å². The van der Waals surface area contributed by atoms with Gasteiger partial charge in [0, 0.05) is 48.5 Å². The Bertz CT molecular complexity index is 995. The molecular formula is C21H26N6O2. The first-order valence-electron chi connectivity index (χ1n) is 9.77. The van der Waals surface area contributed by atoms with E-state index < -0.39 is 0 Å². The van der Waals surface area contributed by atoms with Gasteiger partial charge in [-0.2, -0.15) is 4.98 Å². The van der Waals surface area contributed by atoms with Crippen LogP contribution in [0.15, 0.2) is 30.5 Å². The maximum Gasteiger partial charge on any atom is 0.229 e. The monoisotopic (exact) mass is 394 g/mol. The molecule has 3 heterocycles. The number of benzene rings is 1. The third-order valence-electron chi connectivity index (χ3n) is 5.04. The topological polar surface area (TPSA) is 99.2 Å². The summed E-state index contributed by atoms with van der Waals surface area (Å²) in [6.45, 7) is 5.51. The summed E-state index contributed by atoms with van der Waals surface area (Å²) in [4.78, 5) is 19.0. The van der Waals surface area contributed by atoms with Crippen molar-refractivity contribution in [1.29, 1.82) is 0 Å². The summed E-state index contributed by atoms with van der Waals surface area (Å²) >= 11 is 0. The molecule has 1 saturated heterocycles. The number of ether oxygens (including phenoxy) is 1. The lowest BCUT2D eigenvalue weighted by Crippen LogP contribution is -2.36. The first kappa shape index (κ1) is 19.2. The number of rotatable bonds is 5. The van der Waals surface area contributed by atoms with E-state index in [1.165, 1.54) is 0 Å². The van der Waals surface area contributed by atoms with Crippen LogP contribution in [0, 0.1) is 13.8 Å². The number of aryl methyl sites for hydroxylation is 2. The summed E-state index contributed by atoms with van der Waals surface area (Å²) in [5, 5.41) is 13.0. The number of nitrogens with zero attached hydrogens (tertiary/aromatic N) is 4. The van der Waals surface area contributed by atoms with E-state index in [-0.39, 0.29) is 6.10 Å². The zero-order chi connectivity index (χ0) is 20.4. The largest absolute Gasteiger partial charge is 0.496 e. The average molecular weight is 394 g/mol. The Morgan fingerprint density at radius 2 is 1.97 bits per heavy atom. The molecule has 0 unspecified atom stereocenters. The van der Waals surface area contributed by atoms with Crippen molar-refractivity contribution in [2.75, 3.05) is 30.4 Å². The SMILES string of the molecule is COc1cc(Nc2nc(C)cc(N3CCC(O)CC3)n2)ccc1-c1ncc(C)[nH]1. The summed E-state index contributed by atoms with van der Waals surface area (Å²) in [6.07, 6.45) is 3.10. The minimum Gasteiger partial charge on any atom is -0.496 e. The number of methoxy groups -OCH3 is 1. The van der Waals surface area contributed by atoms with Crippen LogP contribution in [-0.2, 0) is 0 Å². The van der Waals surface area contributed by atoms with E-state index in [4.69, 9.17) is 4.74 Å². The summed E-state index contributed by atoms with van der Waals surface area (Å²) in [5.74, 6) is 2.89. The van der Waals surface area contributed by atoms with E-state index in [0.717, 1.165) is 60.2 Å². The highest BCUT2D eigenvalue weighted by Gasteiger charge is 2.19. The lowest BCUT2D eigenvalue weighted by Gasteiger charge is -2.30. The zero-order valence-electron chi connectivity index (χ0n) is 16.9. The van der Waals surface area contributed by atoms with Gasteiger partial charge in [0.1, 0.15) is 17.4 Å². The number of H-pyrrole nitrogens is 1. The molecule has 8 heteroatoms. The van der Waals surface area contributed by atoms with Crippen LogP contribution in [0.5, 0.6) is 5.75 Å². The molecule has 0 aliphatic carbocycles. The van der Waals surface area contributed by atoms with E-state index in [2.05, 4.69) is 30.2 Å². The molecule has 0 bridgehead atoms. The third kappa shape index (κ3) is 4.32. The Morgan fingerprint density at radius 1 is 1.17 bits per heavy atom. The van der Waals surface area contributed by atoms with E-state index in [1.807, 2.05) is 38.1 Å². The molecule has 29 heavy (non-hydrogen) atoms. The second kappa shape index (κ2) is 8.08. The summed E-state index contributed by atoms with van der Waals surface area (Å²) < 4.78 is 5.57. The molecule has 4 rings (SSSR count). The number of piperidine rings is 1. The Balaban J connectivity index is 1.57. The maximum atomic E-state index is 9.74. The van der Waals surface area contributed by atoms with E-state index >= 15 is 0 Å². The fraction of sp³-hybridized carbons (Fsp3) is 0.381.